The number of aryl methyl sites for hydroxylation is 2. The molecule has 0 spiro atoms. The zero-order chi connectivity index (χ0) is 17.7. The third kappa shape index (κ3) is 4.40. The largest absolute Gasteiger partial charge is 0.349 e. The molecule has 2 rings (SSSR count). The second-order valence-corrected chi connectivity index (χ2v) is 6.39. The second-order valence-electron chi connectivity index (χ2n) is 6.39. The Morgan fingerprint density at radius 1 is 1.38 bits per heavy atom. The molecule has 1 aromatic heterocycles. The fourth-order valence-electron chi connectivity index (χ4n) is 2.98. The van der Waals surface area contributed by atoms with Gasteiger partial charge in [-0.05, 0) is 44.7 Å². The van der Waals surface area contributed by atoms with E-state index in [1.807, 2.05) is 13.0 Å². The molecule has 130 valence electrons. The van der Waals surface area contributed by atoms with Crippen molar-refractivity contribution >= 4 is 11.8 Å². The van der Waals surface area contributed by atoms with Crippen molar-refractivity contribution in [3.63, 3.8) is 0 Å². The number of carbonyl (C=O) groups excluding carboxylic acids is 2. The van der Waals surface area contributed by atoms with Crippen molar-refractivity contribution < 1.29 is 9.59 Å². The quantitative estimate of drug-likeness (QED) is 0.775. The van der Waals surface area contributed by atoms with Gasteiger partial charge in [-0.1, -0.05) is 6.58 Å². The number of likely N-dealkylation sites (tertiary alicyclic amines) is 1. The first-order valence-electron chi connectivity index (χ1n) is 8.40. The summed E-state index contributed by atoms with van der Waals surface area (Å²) < 4.78 is 0. The summed E-state index contributed by atoms with van der Waals surface area (Å²) >= 11 is 0. The van der Waals surface area contributed by atoms with Crippen LogP contribution in [0.15, 0.2) is 18.7 Å². The second kappa shape index (κ2) is 8.04. The van der Waals surface area contributed by atoms with E-state index in [4.69, 9.17) is 0 Å². The van der Waals surface area contributed by atoms with E-state index in [1.54, 1.807) is 23.9 Å². The predicted octanol–water partition coefficient (Wildman–Crippen LogP) is 2.05. The van der Waals surface area contributed by atoms with Gasteiger partial charge in [0.2, 0.25) is 11.8 Å². The summed E-state index contributed by atoms with van der Waals surface area (Å²) in [6.45, 7) is 6.22. The minimum Gasteiger partial charge on any atom is -0.349 e. The van der Waals surface area contributed by atoms with E-state index in [0.29, 0.717) is 25.2 Å². The van der Waals surface area contributed by atoms with Crippen molar-refractivity contribution in [1.82, 2.24) is 19.8 Å². The van der Waals surface area contributed by atoms with Gasteiger partial charge in [-0.15, -0.1) is 0 Å². The molecule has 1 unspecified atom stereocenters. The van der Waals surface area contributed by atoms with Crippen molar-refractivity contribution in [3.8, 4) is 0 Å². The summed E-state index contributed by atoms with van der Waals surface area (Å²) in [6, 6.07) is 1.81. The molecule has 1 aliphatic heterocycles. The van der Waals surface area contributed by atoms with Gasteiger partial charge in [0.1, 0.15) is 0 Å². The molecule has 0 aliphatic carbocycles. The highest BCUT2D eigenvalue weighted by atomic mass is 16.2. The number of nitrogens with zero attached hydrogens (tertiary/aromatic N) is 4. The highest BCUT2D eigenvalue weighted by Crippen LogP contribution is 2.29. The lowest BCUT2D eigenvalue weighted by Gasteiger charge is -2.34. The Morgan fingerprint density at radius 2 is 2.12 bits per heavy atom. The van der Waals surface area contributed by atoms with Crippen LogP contribution in [0.5, 0.6) is 0 Å². The molecule has 0 radical (unpaired) electrons. The fourth-order valence-corrected chi connectivity index (χ4v) is 2.98. The Hall–Kier alpha value is -2.24. The van der Waals surface area contributed by atoms with Crippen molar-refractivity contribution in [2.45, 2.75) is 45.1 Å². The first kappa shape index (κ1) is 18.1. The molecule has 0 aromatic carbocycles. The monoisotopic (exact) mass is 330 g/mol. The number of carbonyl (C=O) groups is 2. The number of piperidine rings is 1. The lowest BCUT2D eigenvalue weighted by atomic mass is 10.0. The van der Waals surface area contributed by atoms with Gasteiger partial charge in [0.25, 0.3) is 0 Å². The molecule has 0 bridgehead atoms. The van der Waals surface area contributed by atoms with E-state index < -0.39 is 0 Å². The maximum Gasteiger partial charge on any atom is 0.246 e. The lowest BCUT2D eigenvalue weighted by molar-refractivity contribution is -0.130. The van der Waals surface area contributed by atoms with E-state index in [0.717, 1.165) is 30.7 Å². The van der Waals surface area contributed by atoms with Crippen LogP contribution in [0.4, 0.5) is 0 Å². The molecule has 2 heterocycles. The van der Waals surface area contributed by atoms with Crippen LogP contribution in [0.1, 0.15) is 48.9 Å². The smallest absolute Gasteiger partial charge is 0.246 e. The van der Waals surface area contributed by atoms with Gasteiger partial charge in [0, 0.05) is 38.4 Å². The average Bonchev–Trinajstić information content (AvgIpc) is 2.58. The van der Waals surface area contributed by atoms with E-state index in [1.165, 1.54) is 6.08 Å². The van der Waals surface area contributed by atoms with Gasteiger partial charge in [-0.3, -0.25) is 9.59 Å². The normalized spacial score (nSPS) is 17.5. The number of hydrogen-bond acceptors (Lipinski definition) is 4. The summed E-state index contributed by atoms with van der Waals surface area (Å²) in [5, 5.41) is 0. The van der Waals surface area contributed by atoms with Crippen LogP contribution >= 0.6 is 0 Å². The molecule has 0 saturated carbocycles. The average molecular weight is 330 g/mol. The Labute approximate surface area is 143 Å². The van der Waals surface area contributed by atoms with Gasteiger partial charge in [-0.2, -0.15) is 0 Å². The van der Waals surface area contributed by atoms with Crippen LogP contribution in [0.2, 0.25) is 0 Å². The Kier molecular flexibility index (Phi) is 6.06. The van der Waals surface area contributed by atoms with Crippen LogP contribution in [-0.4, -0.2) is 52.2 Å². The maximum absolute atomic E-state index is 12.1. The first-order chi connectivity index (χ1) is 11.4. The first-order valence-corrected chi connectivity index (χ1v) is 8.40. The number of rotatable bonds is 5. The van der Waals surface area contributed by atoms with E-state index in [9.17, 15) is 9.59 Å². The summed E-state index contributed by atoms with van der Waals surface area (Å²) in [4.78, 5) is 36.5. The summed E-state index contributed by atoms with van der Waals surface area (Å²) in [6.07, 6.45) is 5.26. The van der Waals surface area contributed by atoms with Crippen molar-refractivity contribution in [2.24, 2.45) is 0 Å². The SMILES string of the molecule is C=CC(=O)N1CCCCC1c1nc(C)cc(CCC(=O)N(C)C)n1. The van der Waals surface area contributed by atoms with Crippen molar-refractivity contribution in [2.75, 3.05) is 20.6 Å². The van der Waals surface area contributed by atoms with Crippen molar-refractivity contribution in [3.05, 3.63) is 35.9 Å². The highest BCUT2D eigenvalue weighted by Gasteiger charge is 2.29. The van der Waals surface area contributed by atoms with E-state index in [-0.39, 0.29) is 17.9 Å². The third-order valence-corrected chi connectivity index (χ3v) is 4.28. The highest BCUT2D eigenvalue weighted by molar-refractivity contribution is 5.87. The molecule has 1 saturated heterocycles. The topological polar surface area (TPSA) is 66.4 Å². The van der Waals surface area contributed by atoms with Gasteiger partial charge in [0.05, 0.1) is 6.04 Å². The van der Waals surface area contributed by atoms with Gasteiger partial charge < -0.3 is 9.80 Å². The van der Waals surface area contributed by atoms with Crippen LogP contribution in [0.25, 0.3) is 0 Å². The zero-order valence-electron chi connectivity index (χ0n) is 14.8. The predicted molar refractivity (Wildman–Crippen MR) is 92.3 cm³/mol. The van der Waals surface area contributed by atoms with Gasteiger partial charge in [-0.25, -0.2) is 9.97 Å². The van der Waals surface area contributed by atoms with E-state index >= 15 is 0 Å². The molecule has 6 heteroatoms. The Bertz CT molecular complexity index is 627. The Morgan fingerprint density at radius 3 is 2.79 bits per heavy atom. The summed E-state index contributed by atoms with van der Waals surface area (Å²) in [5.74, 6) is 0.681. The molecule has 24 heavy (non-hydrogen) atoms. The van der Waals surface area contributed by atoms with E-state index in [2.05, 4.69) is 16.5 Å². The third-order valence-electron chi connectivity index (χ3n) is 4.28. The molecule has 0 N–H and O–H groups in total. The van der Waals surface area contributed by atoms with Crippen LogP contribution in [-0.2, 0) is 16.0 Å². The van der Waals surface area contributed by atoms with Crippen LogP contribution in [0.3, 0.4) is 0 Å². The van der Waals surface area contributed by atoms with Gasteiger partial charge >= 0.3 is 0 Å². The van der Waals surface area contributed by atoms with Crippen LogP contribution < -0.4 is 0 Å². The Balaban J connectivity index is 2.21. The molecule has 1 aliphatic rings. The standard InChI is InChI=1S/C18H26N4O2/c1-5-16(23)22-11-7-6-8-15(22)18-19-13(2)12-14(20-18)9-10-17(24)21(3)4/h5,12,15H,1,6-11H2,2-4H3. The van der Waals surface area contributed by atoms with Crippen molar-refractivity contribution in [1.29, 1.82) is 0 Å². The minimum atomic E-state index is -0.104. The summed E-state index contributed by atoms with van der Waals surface area (Å²) in [7, 11) is 3.50. The molecular formula is C18H26N4O2. The molecular weight excluding hydrogens is 304 g/mol. The zero-order valence-corrected chi connectivity index (χ0v) is 14.8. The molecule has 1 atom stereocenters. The lowest BCUT2D eigenvalue weighted by Crippen LogP contribution is -2.38. The molecule has 1 fully saturated rings. The molecule has 2 amide bonds. The fraction of sp³-hybridized carbons (Fsp3) is 0.556. The number of hydrogen-bond donors (Lipinski definition) is 0. The summed E-state index contributed by atoms with van der Waals surface area (Å²) in [5.41, 5.74) is 1.72. The molecule has 1 aromatic rings. The van der Waals surface area contributed by atoms with Crippen LogP contribution in [0, 0.1) is 6.92 Å². The van der Waals surface area contributed by atoms with Gasteiger partial charge in [0.15, 0.2) is 5.82 Å². The number of amides is 2. The number of aromatic nitrogens is 2. The maximum atomic E-state index is 12.1. The molecule has 6 nitrogen and oxygen atoms in total. The minimum absolute atomic E-state index is 0.0749.